The molecule has 4 nitrogen and oxygen atoms in total. The molecule has 1 fully saturated rings. The molecule has 0 aromatic carbocycles. The monoisotopic (exact) mass is 210 g/mol. The Kier molecular flexibility index (Phi) is 5.13. The molecule has 1 heterocycles. The number of amides is 1. The molecule has 0 spiro atoms. The van der Waals surface area contributed by atoms with Crippen molar-refractivity contribution in [3.63, 3.8) is 0 Å². The lowest BCUT2D eigenvalue weighted by atomic mass is 10.1. The van der Waals surface area contributed by atoms with E-state index in [2.05, 4.69) is 11.4 Å². The lowest BCUT2D eigenvalue weighted by Crippen LogP contribution is -2.31. The van der Waals surface area contributed by atoms with Gasteiger partial charge < -0.3 is 10.1 Å². The smallest absolute Gasteiger partial charge is 0.225 e. The average molecular weight is 210 g/mol. The Morgan fingerprint density at radius 2 is 2.40 bits per heavy atom. The molecule has 2 atom stereocenters. The fraction of sp³-hybridized carbons (Fsp3) is 0.818. The summed E-state index contributed by atoms with van der Waals surface area (Å²) in [6.07, 6.45) is 3.33. The SMILES string of the molecule is CC1CC(C(=O)NCCCCC#N)CO1. The van der Waals surface area contributed by atoms with Crippen LogP contribution < -0.4 is 5.32 Å². The van der Waals surface area contributed by atoms with Crippen molar-refractivity contribution in [2.75, 3.05) is 13.2 Å². The van der Waals surface area contributed by atoms with Gasteiger partial charge in [0, 0.05) is 13.0 Å². The summed E-state index contributed by atoms with van der Waals surface area (Å²) in [5, 5.41) is 11.2. The predicted octanol–water partition coefficient (Wildman–Crippen LogP) is 1.22. The minimum absolute atomic E-state index is 0.0240. The van der Waals surface area contributed by atoms with Gasteiger partial charge in [0.1, 0.15) is 0 Å². The standard InChI is InChI=1S/C11H18N2O2/c1-9-7-10(8-15-9)11(14)13-6-4-2-3-5-12/h9-10H,2-4,6-8H2,1H3,(H,13,14). The molecule has 0 aliphatic carbocycles. The summed E-state index contributed by atoms with van der Waals surface area (Å²) in [6, 6.07) is 2.08. The summed E-state index contributed by atoms with van der Waals surface area (Å²) in [6.45, 7) is 3.21. The van der Waals surface area contributed by atoms with Crippen LogP contribution in [0.2, 0.25) is 0 Å². The van der Waals surface area contributed by atoms with Gasteiger partial charge in [-0.05, 0) is 26.2 Å². The third kappa shape index (κ3) is 4.30. The van der Waals surface area contributed by atoms with E-state index in [0.717, 1.165) is 19.3 Å². The van der Waals surface area contributed by atoms with Crippen LogP contribution in [0.25, 0.3) is 0 Å². The summed E-state index contributed by atoms with van der Waals surface area (Å²) in [5.74, 6) is 0.118. The summed E-state index contributed by atoms with van der Waals surface area (Å²) >= 11 is 0. The van der Waals surface area contributed by atoms with E-state index in [0.29, 0.717) is 19.6 Å². The van der Waals surface area contributed by atoms with Crippen LogP contribution in [0.1, 0.15) is 32.6 Å². The van der Waals surface area contributed by atoms with Gasteiger partial charge in [-0.15, -0.1) is 0 Å². The number of hydrogen-bond acceptors (Lipinski definition) is 3. The number of carbonyl (C=O) groups excluding carboxylic acids is 1. The molecule has 1 N–H and O–H groups in total. The Bertz CT molecular complexity index is 247. The lowest BCUT2D eigenvalue weighted by Gasteiger charge is -2.08. The first-order valence-electron chi connectivity index (χ1n) is 5.50. The van der Waals surface area contributed by atoms with Gasteiger partial charge in [0.25, 0.3) is 0 Å². The third-order valence-corrected chi connectivity index (χ3v) is 2.58. The van der Waals surface area contributed by atoms with Crippen molar-refractivity contribution in [2.45, 2.75) is 38.7 Å². The molecule has 1 rings (SSSR count). The normalized spacial score (nSPS) is 24.8. The second kappa shape index (κ2) is 6.41. The molecule has 84 valence electrons. The first-order valence-corrected chi connectivity index (χ1v) is 5.50. The molecule has 2 unspecified atom stereocenters. The molecule has 4 heteroatoms. The highest BCUT2D eigenvalue weighted by atomic mass is 16.5. The van der Waals surface area contributed by atoms with E-state index in [9.17, 15) is 4.79 Å². The van der Waals surface area contributed by atoms with Crippen LogP contribution in [0, 0.1) is 17.2 Å². The Morgan fingerprint density at radius 1 is 1.60 bits per heavy atom. The maximum absolute atomic E-state index is 11.6. The summed E-state index contributed by atoms with van der Waals surface area (Å²) < 4.78 is 5.33. The van der Waals surface area contributed by atoms with E-state index in [-0.39, 0.29) is 17.9 Å². The molecule has 0 aromatic heterocycles. The highest BCUT2D eigenvalue weighted by Gasteiger charge is 2.27. The number of rotatable bonds is 5. The summed E-state index contributed by atoms with van der Waals surface area (Å²) in [7, 11) is 0. The number of nitrogens with one attached hydrogen (secondary N) is 1. The zero-order valence-electron chi connectivity index (χ0n) is 9.16. The van der Waals surface area contributed by atoms with Gasteiger partial charge in [0.05, 0.1) is 24.7 Å². The Balaban J connectivity index is 2.06. The zero-order valence-corrected chi connectivity index (χ0v) is 9.16. The first kappa shape index (κ1) is 12.0. The maximum Gasteiger partial charge on any atom is 0.225 e. The van der Waals surface area contributed by atoms with Gasteiger partial charge in [-0.3, -0.25) is 4.79 Å². The fourth-order valence-electron chi connectivity index (χ4n) is 1.68. The predicted molar refractivity (Wildman–Crippen MR) is 56.0 cm³/mol. The second-order valence-electron chi connectivity index (χ2n) is 3.98. The van der Waals surface area contributed by atoms with Gasteiger partial charge in [-0.25, -0.2) is 0 Å². The largest absolute Gasteiger partial charge is 0.378 e. The summed E-state index contributed by atoms with van der Waals surface area (Å²) in [4.78, 5) is 11.6. The lowest BCUT2D eigenvalue weighted by molar-refractivity contribution is -0.124. The minimum Gasteiger partial charge on any atom is -0.378 e. The molecule has 0 saturated carbocycles. The Hall–Kier alpha value is -1.08. The van der Waals surface area contributed by atoms with Gasteiger partial charge in [-0.2, -0.15) is 5.26 Å². The van der Waals surface area contributed by atoms with Gasteiger partial charge in [0.2, 0.25) is 5.91 Å². The van der Waals surface area contributed by atoms with Crippen LogP contribution in [0.3, 0.4) is 0 Å². The van der Waals surface area contributed by atoms with Crippen molar-refractivity contribution in [3.8, 4) is 6.07 Å². The Morgan fingerprint density at radius 3 is 3.00 bits per heavy atom. The van der Waals surface area contributed by atoms with Gasteiger partial charge in [0.15, 0.2) is 0 Å². The maximum atomic E-state index is 11.6. The highest BCUT2D eigenvalue weighted by molar-refractivity contribution is 5.79. The van der Waals surface area contributed by atoms with Crippen molar-refractivity contribution < 1.29 is 9.53 Å². The third-order valence-electron chi connectivity index (χ3n) is 2.58. The number of hydrogen-bond donors (Lipinski definition) is 1. The molecule has 0 aromatic rings. The van der Waals surface area contributed by atoms with Gasteiger partial charge in [-0.1, -0.05) is 0 Å². The van der Waals surface area contributed by atoms with Crippen molar-refractivity contribution >= 4 is 5.91 Å². The van der Waals surface area contributed by atoms with Crippen LogP contribution in [-0.2, 0) is 9.53 Å². The van der Waals surface area contributed by atoms with E-state index in [1.165, 1.54) is 0 Å². The molecule has 1 amide bonds. The van der Waals surface area contributed by atoms with Crippen LogP contribution in [0.5, 0.6) is 0 Å². The Labute approximate surface area is 90.6 Å². The quantitative estimate of drug-likeness (QED) is 0.694. The number of ether oxygens (including phenoxy) is 1. The van der Waals surface area contributed by atoms with E-state index in [4.69, 9.17) is 10.00 Å². The number of nitriles is 1. The topological polar surface area (TPSA) is 62.1 Å². The van der Waals surface area contributed by atoms with Crippen molar-refractivity contribution in [2.24, 2.45) is 5.92 Å². The fourth-order valence-corrected chi connectivity index (χ4v) is 1.68. The minimum atomic E-state index is 0.0240. The van der Waals surface area contributed by atoms with E-state index < -0.39 is 0 Å². The van der Waals surface area contributed by atoms with Crippen LogP contribution >= 0.6 is 0 Å². The molecular formula is C11H18N2O2. The van der Waals surface area contributed by atoms with E-state index in [1.54, 1.807) is 0 Å². The van der Waals surface area contributed by atoms with Crippen LogP contribution in [-0.4, -0.2) is 25.2 Å². The van der Waals surface area contributed by atoms with Crippen molar-refractivity contribution in [3.05, 3.63) is 0 Å². The van der Waals surface area contributed by atoms with Crippen LogP contribution in [0.15, 0.2) is 0 Å². The second-order valence-corrected chi connectivity index (χ2v) is 3.98. The summed E-state index contributed by atoms with van der Waals surface area (Å²) in [5.41, 5.74) is 0. The molecule has 1 saturated heterocycles. The zero-order chi connectivity index (χ0) is 11.1. The van der Waals surface area contributed by atoms with Crippen molar-refractivity contribution in [1.82, 2.24) is 5.32 Å². The highest BCUT2D eigenvalue weighted by Crippen LogP contribution is 2.18. The molecule has 0 bridgehead atoms. The van der Waals surface area contributed by atoms with E-state index in [1.807, 2.05) is 6.92 Å². The molecule has 1 aliphatic heterocycles. The number of carbonyl (C=O) groups is 1. The first-order chi connectivity index (χ1) is 7.24. The number of unbranched alkanes of at least 4 members (excludes halogenated alkanes) is 2. The molecular weight excluding hydrogens is 192 g/mol. The van der Waals surface area contributed by atoms with E-state index >= 15 is 0 Å². The molecule has 1 aliphatic rings. The average Bonchev–Trinajstić information content (AvgIpc) is 2.64. The van der Waals surface area contributed by atoms with Gasteiger partial charge >= 0.3 is 0 Å². The molecule has 0 radical (unpaired) electrons. The van der Waals surface area contributed by atoms with Crippen molar-refractivity contribution in [1.29, 1.82) is 5.26 Å². The number of nitrogens with zero attached hydrogens (tertiary/aromatic N) is 1. The van der Waals surface area contributed by atoms with Crippen LogP contribution in [0.4, 0.5) is 0 Å². The molecule has 15 heavy (non-hydrogen) atoms.